The van der Waals surface area contributed by atoms with E-state index in [2.05, 4.69) is 35.6 Å². The van der Waals surface area contributed by atoms with E-state index in [9.17, 15) is 9.59 Å². The van der Waals surface area contributed by atoms with Gasteiger partial charge in [-0.05, 0) is 58.0 Å². The van der Waals surface area contributed by atoms with Crippen molar-refractivity contribution in [1.29, 1.82) is 0 Å². The second-order valence-corrected chi connectivity index (χ2v) is 7.58. The van der Waals surface area contributed by atoms with Gasteiger partial charge in [0.2, 0.25) is 5.91 Å². The number of hydrogen-bond donors (Lipinski definition) is 1. The molecule has 1 aliphatic heterocycles. The lowest BCUT2D eigenvalue weighted by atomic mass is 9.95. The average molecular weight is 370 g/mol. The Bertz CT molecular complexity index is 1080. The molecule has 1 aliphatic carbocycles. The molecule has 140 valence electrons. The van der Waals surface area contributed by atoms with Gasteiger partial charge in [-0.2, -0.15) is 0 Å². The lowest BCUT2D eigenvalue weighted by Gasteiger charge is -2.19. The minimum absolute atomic E-state index is 0.0107. The molecule has 2 amide bonds. The zero-order valence-electron chi connectivity index (χ0n) is 15.7. The van der Waals surface area contributed by atoms with E-state index in [-0.39, 0.29) is 11.8 Å². The molecule has 28 heavy (non-hydrogen) atoms. The summed E-state index contributed by atoms with van der Waals surface area (Å²) in [7, 11) is 0. The third kappa shape index (κ3) is 2.85. The zero-order chi connectivity index (χ0) is 19.1. The van der Waals surface area contributed by atoms with Crippen LogP contribution in [0.2, 0.25) is 0 Å². The van der Waals surface area contributed by atoms with Crippen molar-refractivity contribution >= 4 is 22.6 Å². The number of nitrogens with zero attached hydrogens (tertiary/aromatic N) is 1. The summed E-state index contributed by atoms with van der Waals surface area (Å²) >= 11 is 0. The molecule has 4 nitrogen and oxygen atoms in total. The van der Waals surface area contributed by atoms with Gasteiger partial charge in [0.1, 0.15) is 0 Å². The van der Waals surface area contributed by atoms with Crippen molar-refractivity contribution < 1.29 is 9.59 Å². The highest BCUT2D eigenvalue weighted by Crippen LogP contribution is 2.37. The highest BCUT2D eigenvalue weighted by atomic mass is 16.2. The van der Waals surface area contributed by atoms with Crippen LogP contribution >= 0.6 is 0 Å². The monoisotopic (exact) mass is 370 g/mol. The Kier molecular flexibility index (Phi) is 4.12. The van der Waals surface area contributed by atoms with E-state index >= 15 is 0 Å². The van der Waals surface area contributed by atoms with Crippen molar-refractivity contribution in [1.82, 2.24) is 10.2 Å². The topological polar surface area (TPSA) is 49.4 Å². The molecule has 0 unspecified atom stereocenters. The van der Waals surface area contributed by atoms with E-state index in [1.807, 2.05) is 24.3 Å². The largest absolute Gasteiger partial charge is 0.354 e. The number of carbonyl (C=O) groups excluding carboxylic acids is 2. The van der Waals surface area contributed by atoms with Crippen LogP contribution in [0.3, 0.4) is 0 Å². The first kappa shape index (κ1) is 17.0. The van der Waals surface area contributed by atoms with Crippen molar-refractivity contribution in [3.05, 3.63) is 71.3 Å². The maximum Gasteiger partial charge on any atom is 0.253 e. The van der Waals surface area contributed by atoms with Crippen LogP contribution in [0, 0.1) is 0 Å². The first-order chi connectivity index (χ1) is 13.7. The highest BCUT2D eigenvalue weighted by Gasteiger charge is 2.20. The van der Waals surface area contributed by atoms with Gasteiger partial charge < -0.3 is 10.2 Å². The van der Waals surface area contributed by atoms with Crippen LogP contribution in [0.5, 0.6) is 0 Å². The zero-order valence-corrected chi connectivity index (χ0v) is 15.7. The van der Waals surface area contributed by atoms with Gasteiger partial charge in [-0.15, -0.1) is 0 Å². The van der Waals surface area contributed by atoms with Crippen molar-refractivity contribution in [3.63, 3.8) is 0 Å². The smallest absolute Gasteiger partial charge is 0.253 e. The van der Waals surface area contributed by atoms with Crippen molar-refractivity contribution in [2.45, 2.75) is 19.3 Å². The van der Waals surface area contributed by atoms with Gasteiger partial charge in [0, 0.05) is 31.6 Å². The molecular weight excluding hydrogens is 348 g/mol. The lowest BCUT2D eigenvalue weighted by Crippen LogP contribution is -2.34. The number of nitrogens with one attached hydrogen (secondary N) is 1. The van der Waals surface area contributed by atoms with E-state index in [0.717, 1.165) is 18.4 Å². The quantitative estimate of drug-likeness (QED) is 0.750. The van der Waals surface area contributed by atoms with Crippen LogP contribution in [0.4, 0.5) is 0 Å². The number of rotatable bonds is 2. The fourth-order valence-corrected chi connectivity index (χ4v) is 4.44. The van der Waals surface area contributed by atoms with Crippen LogP contribution < -0.4 is 5.32 Å². The Balaban J connectivity index is 1.45. The SMILES string of the molecule is O=C1CCN(C(=O)c2ccc(-c3ccc4c5c(cccc35)CC4)cc2)CCN1. The molecule has 1 heterocycles. The van der Waals surface area contributed by atoms with E-state index in [0.29, 0.717) is 31.6 Å². The number of hydrogen-bond acceptors (Lipinski definition) is 2. The first-order valence-electron chi connectivity index (χ1n) is 9.90. The number of carbonyl (C=O) groups is 2. The normalized spacial score (nSPS) is 16.1. The van der Waals surface area contributed by atoms with E-state index in [4.69, 9.17) is 0 Å². The summed E-state index contributed by atoms with van der Waals surface area (Å²) in [5, 5.41) is 5.51. The predicted octanol–water partition coefficient (Wildman–Crippen LogP) is 3.57. The van der Waals surface area contributed by atoms with Gasteiger partial charge in [-0.3, -0.25) is 9.59 Å². The molecule has 2 aliphatic rings. The third-order valence-electron chi connectivity index (χ3n) is 5.92. The molecule has 0 radical (unpaired) electrons. The molecule has 1 saturated heterocycles. The van der Waals surface area contributed by atoms with E-state index < -0.39 is 0 Å². The Morgan fingerprint density at radius 2 is 1.64 bits per heavy atom. The standard InChI is InChI=1S/C24H22N2O2/c27-22-12-14-26(15-13-25-22)24(28)19-8-4-16(5-9-19)20-11-10-18-7-6-17-2-1-3-21(20)23(17)18/h1-5,8-11H,6-7,12-15H2,(H,25,27). The van der Waals surface area contributed by atoms with Crippen LogP contribution in [0.1, 0.15) is 27.9 Å². The molecule has 0 spiro atoms. The van der Waals surface area contributed by atoms with Crippen molar-refractivity contribution in [2.75, 3.05) is 19.6 Å². The molecule has 4 heteroatoms. The van der Waals surface area contributed by atoms with Gasteiger partial charge in [-0.25, -0.2) is 0 Å². The fourth-order valence-electron chi connectivity index (χ4n) is 4.44. The summed E-state index contributed by atoms with van der Waals surface area (Å²) in [5.41, 5.74) is 5.88. The molecule has 5 rings (SSSR count). The fraction of sp³-hybridized carbons (Fsp3) is 0.250. The Morgan fingerprint density at radius 1 is 0.857 bits per heavy atom. The Hall–Kier alpha value is -3.14. The van der Waals surface area contributed by atoms with Crippen LogP contribution in [0.15, 0.2) is 54.6 Å². The summed E-state index contributed by atoms with van der Waals surface area (Å²) in [4.78, 5) is 26.1. The summed E-state index contributed by atoms with van der Waals surface area (Å²) in [6, 6.07) is 18.9. The Morgan fingerprint density at radius 3 is 2.46 bits per heavy atom. The van der Waals surface area contributed by atoms with Crippen LogP contribution in [-0.2, 0) is 17.6 Å². The Labute approximate surface area is 164 Å². The number of amides is 2. The van der Waals surface area contributed by atoms with Gasteiger partial charge in [0.15, 0.2) is 0 Å². The molecule has 1 N–H and O–H groups in total. The maximum atomic E-state index is 12.8. The molecule has 3 aromatic rings. The summed E-state index contributed by atoms with van der Waals surface area (Å²) < 4.78 is 0. The summed E-state index contributed by atoms with van der Waals surface area (Å²) in [6.07, 6.45) is 2.61. The second kappa shape index (κ2) is 6.79. The van der Waals surface area contributed by atoms with Crippen LogP contribution in [0.25, 0.3) is 21.9 Å². The minimum Gasteiger partial charge on any atom is -0.354 e. The molecule has 1 fully saturated rings. The van der Waals surface area contributed by atoms with Gasteiger partial charge in [-0.1, -0.05) is 42.5 Å². The number of aryl methyl sites for hydroxylation is 2. The highest BCUT2D eigenvalue weighted by molar-refractivity contribution is 6.02. The summed E-state index contributed by atoms with van der Waals surface area (Å²) in [5.74, 6) is 0.00107. The molecule has 3 aromatic carbocycles. The van der Waals surface area contributed by atoms with Gasteiger partial charge in [0.25, 0.3) is 5.91 Å². The second-order valence-electron chi connectivity index (χ2n) is 7.58. The van der Waals surface area contributed by atoms with Gasteiger partial charge >= 0.3 is 0 Å². The molecule has 0 saturated carbocycles. The minimum atomic E-state index is -0.0107. The number of benzene rings is 3. The lowest BCUT2D eigenvalue weighted by molar-refractivity contribution is -0.120. The van der Waals surface area contributed by atoms with Gasteiger partial charge in [0.05, 0.1) is 0 Å². The van der Waals surface area contributed by atoms with Crippen molar-refractivity contribution in [2.24, 2.45) is 0 Å². The molecule has 0 aromatic heterocycles. The van der Waals surface area contributed by atoms with Crippen molar-refractivity contribution in [3.8, 4) is 11.1 Å². The van der Waals surface area contributed by atoms with Crippen LogP contribution in [-0.4, -0.2) is 36.3 Å². The molecule has 0 bridgehead atoms. The first-order valence-corrected chi connectivity index (χ1v) is 9.90. The molecular formula is C24H22N2O2. The third-order valence-corrected chi connectivity index (χ3v) is 5.92. The van der Waals surface area contributed by atoms with E-state index in [1.54, 1.807) is 4.90 Å². The molecule has 0 atom stereocenters. The summed E-state index contributed by atoms with van der Waals surface area (Å²) in [6.45, 7) is 1.55. The average Bonchev–Trinajstić information content (AvgIpc) is 3.03. The maximum absolute atomic E-state index is 12.8. The predicted molar refractivity (Wildman–Crippen MR) is 110 cm³/mol. The van der Waals surface area contributed by atoms with E-state index in [1.165, 1.54) is 27.5 Å².